The van der Waals surface area contributed by atoms with E-state index in [4.69, 9.17) is 0 Å². The van der Waals surface area contributed by atoms with E-state index in [1.54, 1.807) is 0 Å². The van der Waals surface area contributed by atoms with Crippen LogP contribution in [0.3, 0.4) is 0 Å². The molecule has 0 unspecified atom stereocenters. The van der Waals surface area contributed by atoms with Gasteiger partial charge < -0.3 is 19.3 Å². The zero-order valence-corrected chi connectivity index (χ0v) is 8.72. The minimum absolute atomic E-state index is 0.768. The van der Waals surface area contributed by atoms with Gasteiger partial charge in [-0.1, -0.05) is 0 Å². The van der Waals surface area contributed by atoms with E-state index in [1.807, 2.05) is 0 Å². The van der Waals surface area contributed by atoms with Gasteiger partial charge in [0.15, 0.2) is 5.60 Å². The standard InChI is InChI=1S/C9H8O8/c1-4(10)9-15-5(11)2-8(14,7(13)17-9)3-6(12)16-9/h14H,2-3H2,1H3. The summed E-state index contributed by atoms with van der Waals surface area (Å²) in [6, 6.07) is 0. The summed E-state index contributed by atoms with van der Waals surface area (Å²) in [6.45, 7) is 0.920. The summed E-state index contributed by atoms with van der Waals surface area (Å²) in [4.78, 5) is 45.5. The molecule has 92 valence electrons. The van der Waals surface area contributed by atoms with E-state index in [1.165, 1.54) is 0 Å². The van der Waals surface area contributed by atoms with Crippen molar-refractivity contribution in [2.45, 2.75) is 31.3 Å². The normalized spacial score (nSPS) is 36.5. The molecule has 17 heavy (non-hydrogen) atoms. The number of aliphatic hydroxyl groups is 1. The SMILES string of the molecule is CC(=O)C12OC(=O)CC(O)(CC(=O)O1)C(=O)O2. The Morgan fingerprint density at radius 2 is 1.59 bits per heavy atom. The van der Waals surface area contributed by atoms with Crippen LogP contribution < -0.4 is 0 Å². The van der Waals surface area contributed by atoms with E-state index in [-0.39, 0.29) is 0 Å². The molecule has 2 bridgehead atoms. The van der Waals surface area contributed by atoms with Crippen LogP contribution in [-0.2, 0) is 33.4 Å². The Morgan fingerprint density at radius 1 is 1.12 bits per heavy atom. The lowest BCUT2D eigenvalue weighted by Gasteiger charge is -2.25. The largest absolute Gasteiger partial charge is 0.488 e. The van der Waals surface area contributed by atoms with Crippen molar-refractivity contribution < 1.29 is 38.5 Å². The molecule has 0 aromatic heterocycles. The first kappa shape index (κ1) is 11.5. The lowest BCUT2D eigenvalue weighted by Crippen LogP contribution is -2.47. The average Bonchev–Trinajstić information content (AvgIpc) is 2.27. The van der Waals surface area contributed by atoms with Gasteiger partial charge in [0.25, 0.3) is 5.78 Å². The molecule has 0 aromatic carbocycles. The van der Waals surface area contributed by atoms with Crippen molar-refractivity contribution in [3.05, 3.63) is 0 Å². The van der Waals surface area contributed by atoms with E-state index in [9.17, 15) is 24.3 Å². The van der Waals surface area contributed by atoms with Crippen LogP contribution in [0.15, 0.2) is 0 Å². The molecule has 2 aliphatic rings. The lowest BCUT2D eigenvalue weighted by atomic mass is 9.96. The third kappa shape index (κ3) is 1.66. The minimum Gasteiger partial charge on any atom is -0.382 e. The van der Waals surface area contributed by atoms with Crippen LogP contribution in [0.1, 0.15) is 19.8 Å². The molecule has 2 aliphatic heterocycles. The third-order valence-electron chi connectivity index (χ3n) is 2.41. The molecule has 0 radical (unpaired) electrons. The second-order valence-corrected chi connectivity index (χ2v) is 3.84. The number of esters is 3. The first-order chi connectivity index (χ1) is 7.77. The summed E-state index contributed by atoms with van der Waals surface area (Å²) in [5.41, 5.74) is -2.35. The maximum absolute atomic E-state index is 11.5. The Bertz CT molecular complexity index is 416. The molecule has 0 aliphatic carbocycles. The molecular weight excluding hydrogens is 236 g/mol. The van der Waals surface area contributed by atoms with Crippen LogP contribution in [0.4, 0.5) is 0 Å². The van der Waals surface area contributed by atoms with Crippen LogP contribution in [-0.4, -0.2) is 40.4 Å². The van der Waals surface area contributed by atoms with E-state index < -0.39 is 48.1 Å². The molecule has 0 spiro atoms. The van der Waals surface area contributed by atoms with Crippen LogP contribution in [0.5, 0.6) is 0 Å². The second-order valence-electron chi connectivity index (χ2n) is 3.84. The molecule has 2 saturated heterocycles. The van der Waals surface area contributed by atoms with E-state index in [0.29, 0.717) is 0 Å². The van der Waals surface area contributed by atoms with Gasteiger partial charge in [0.1, 0.15) is 0 Å². The van der Waals surface area contributed by atoms with Gasteiger partial charge in [-0.05, 0) is 0 Å². The Kier molecular flexibility index (Phi) is 2.21. The predicted molar refractivity (Wildman–Crippen MR) is 45.9 cm³/mol. The monoisotopic (exact) mass is 244 g/mol. The summed E-state index contributed by atoms with van der Waals surface area (Å²) in [7, 11) is 0. The van der Waals surface area contributed by atoms with Crippen LogP contribution in [0.2, 0.25) is 0 Å². The van der Waals surface area contributed by atoms with Gasteiger partial charge in [0.05, 0.1) is 12.8 Å². The molecule has 2 fully saturated rings. The number of ketones is 1. The van der Waals surface area contributed by atoms with Gasteiger partial charge in [-0.25, -0.2) is 4.79 Å². The Morgan fingerprint density at radius 3 is 2.00 bits per heavy atom. The third-order valence-corrected chi connectivity index (χ3v) is 2.41. The second kappa shape index (κ2) is 3.27. The van der Waals surface area contributed by atoms with Gasteiger partial charge in [-0.3, -0.25) is 14.4 Å². The van der Waals surface area contributed by atoms with Gasteiger partial charge in [0.2, 0.25) is 0 Å². The zero-order chi connectivity index (χ0) is 12.8. The molecule has 1 N–H and O–H groups in total. The molecule has 2 rings (SSSR count). The highest BCUT2D eigenvalue weighted by Gasteiger charge is 2.61. The molecule has 0 saturated carbocycles. The number of hydrogen-bond acceptors (Lipinski definition) is 8. The van der Waals surface area contributed by atoms with Crippen LogP contribution in [0, 0.1) is 0 Å². The number of hydrogen-bond donors (Lipinski definition) is 1. The topological polar surface area (TPSA) is 116 Å². The van der Waals surface area contributed by atoms with E-state index in [0.717, 1.165) is 6.92 Å². The Labute approximate surface area is 94.4 Å². The van der Waals surface area contributed by atoms with Crippen molar-refractivity contribution >= 4 is 23.7 Å². The van der Waals surface area contributed by atoms with E-state index in [2.05, 4.69) is 14.2 Å². The molecular formula is C9H8O8. The van der Waals surface area contributed by atoms with Gasteiger partial charge >= 0.3 is 23.9 Å². The molecule has 0 aromatic rings. The van der Waals surface area contributed by atoms with Gasteiger partial charge in [-0.15, -0.1) is 0 Å². The van der Waals surface area contributed by atoms with Gasteiger partial charge in [0, 0.05) is 6.92 Å². The highest BCUT2D eigenvalue weighted by molar-refractivity contribution is 5.98. The smallest absolute Gasteiger partial charge is 0.382 e. The van der Waals surface area contributed by atoms with Gasteiger partial charge in [-0.2, -0.15) is 0 Å². The summed E-state index contributed by atoms with van der Waals surface area (Å²) in [5, 5.41) is 9.80. The molecule has 0 amide bonds. The summed E-state index contributed by atoms with van der Waals surface area (Å²) >= 11 is 0. The fraction of sp³-hybridized carbons (Fsp3) is 0.556. The maximum Gasteiger partial charge on any atom is 0.488 e. The molecule has 2 heterocycles. The number of ether oxygens (including phenoxy) is 3. The summed E-state index contributed by atoms with van der Waals surface area (Å²) in [6.07, 6.45) is -1.54. The average molecular weight is 244 g/mol. The first-order valence-electron chi connectivity index (χ1n) is 4.68. The van der Waals surface area contributed by atoms with Crippen LogP contribution in [0.25, 0.3) is 0 Å². The molecule has 8 nitrogen and oxygen atoms in total. The number of carbonyl (C=O) groups excluding carboxylic acids is 4. The maximum atomic E-state index is 11.5. The van der Waals surface area contributed by atoms with Crippen molar-refractivity contribution in [1.29, 1.82) is 0 Å². The fourth-order valence-corrected chi connectivity index (χ4v) is 1.55. The van der Waals surface area contributed by atoms with Crippen LogP contribution >= 0.6 is 0 Å². The van der Waals surface area contributed by atoms with E-state index >= 15 is 0 Å². The predicted octanol–water partition coefficient (Wildman–Crippen LogP) is -1.60. The van der Waals surface area contributed by atoms with Crippen molar-refractivity contribution in [3.8, 4) is 0 Å². The highest BCUT2D eigenvalue weighted by atomic mass is 16.9. The summed E-state index contributed by atoms with van der Waals surface area (Å²) in [5.74, 6) is -7.13. The number of rotatable bonds is 1. The number of Topliss-reactive ketones (excluding diaryl/α,β-unsaturated/α-hetero) is 1. The van der Waals surface area contributed by atoms with Crippen molar-refractivity contribution in [2.24, 2.45) is 0 Å². The minimum atomic E-state index is -2.70. The molecule has 0 atom stereocenters. The summed E-state index contributed by atoms with van der Waals surface area (Å²) < 4.78 is 13.5. The zero-order valence-electron chi connectivity index (χ0n) is 8.72. The Hall–Kier alpha value is -1.96. The van der Waals surface area contributed by atoms with Crippen molar-refractivity contribution in [2.75, 3.05) is 0 Å². The van der Waals surface area contributed by atoms with Crippen molar-refractivity contribution in [1.82, 2.24) is 0 Å². The lowest BCUT2D eigenvalue weighted by molar-refractivity contribution is -0.303. The fourth-order valence-electron chi connectivity index (χ4n) is 1.55. The first-order valence-corrected chi connectivity index (χ1v) is 4.68. The highest BCUT2D eigenvalue weighted by Crippen LogP contribution is 2.34. The van der Waals surface area contributed by atoms with Crippen molar-refractivity contribution in [3.63, 3.8) is 0 Å². The number of carbonyl (C=O) groups is 4. The quantitative estimate of drug-likeness (QED) is 0.548. The Balaban J connectivity index is 2.55. The molecule has 8 heteroatoms. The number of fused-ring (bicyclic) bond motifs is 3.